The van der Waals surface area contributed by atoms with Crippen LogP contribution in [0.4, 0.5) is 29.3 Å². The second kappa shape index (κ2) is 9.28. The quantitative estimate of drug-likeness (QED) is 0.454. The molecule has 0 bridgehead atoms. The molecule has 1 aliphatic rings. The van der Waals surface area contributed by atoms with E-state index in [4.69, 9.17) is 8.92 Å². The third-order valence-corrected chi connectivity index (χ3v) is 5.81. The zero-order valence-corrected chi connectivity index (χ0v) is 18.4. The highest BCUT2D eigenvalue weighted by Gasteiger charge is 2.32. The Hall–Kier alpha value is -2.93. The molecule has 0 fully saturated rings. The number of fused-ring (bicyclic) bond motifs is 1. The summed E-state index contributed by atoms with van der Waals surface area (Å²) < 4.78 is 76.3. The summed E-state index contributed by atoms with van der Waals surface area (Å²) in [5.41, 5.74) is -0.341. The highest BCUT2D eigenvalue weighted by Crippen LogP contribution is 2.36. The fraction of sp³-hybridized carbons (Fsp3) is 0.263. The molecule has 0 saturated carbocycles. The number of aliphatic imine (C=N–C) groups is 1. The van der Waals surface area contributed by atoms with Gasteiger partial charge in [0.05, 0.1) is 23.5 Å². The molecule has 0 atom stereocenters. The standard InChI is InChI=1S/C19H18F3N3O5S2/c1-11(2)10-29-18(26)24-17-23-15-7-6-13(9-16(15)25-31-17)30-32(27,28)14-5-3-4-12(8-14)19(20,21)22/h3-9,11,25H,10H2,1-2H3,(H,23,24,26). The number of carbonyl (C=O) groups is 1. The van der Waals surface area contributed by atoms with E-state index < -0.39 is 32.8 Å². The summed E-state index contributed by atoms with van der Waals surface area (Å²) in [4.78, 5) is 15.3. The fourth-order valence-electron chi connectivity index (χ4n) is 2.40. The Morgan fingerprint density at radius 2 is 1.97 bits per heavy atom. The number of rotatable bonds is 5. The lowest BCUT2D eigenvalue weighted by Gasteiger charge is -2.18. The molecule has 1 aliphatic heterocycles. The average molecular weight is 489 g/mol. The molecule has 2 N–H and O–H groups in total. The Balaban J connectivity index is 1.73. The predicted molar refractivity (Wildman–Crippen MR) is 113 cm³/mol. The summed E-state index contributed by atoms with van der Waals surface area (Å²) >= 11 is 0.954. The van der Waals surface area contributed by atoms with Crippen LogP contribution in [-0.4, -0.2) is 26.3 Å². The molecular formula is C19H18F3N3O5S2. The van der Waals surface area contributed by atoms with Crippen molar-refractivity contribution < 1.29 is 35.3 Å². The van der Waals surface area contributed by atoms with Crippen molar-refractivity contribution in [3.63, 3.8) is 0 Å². The Morgan fingerprint density at radius 3 is 2.66 bits per heavy atom. The minimum Gasteiger partial charge on any atom is -0.449 e. The van der Waals surface area contributed by atoms with Gasteiger partial charge >= 0.3 is 22.4 Å². The maximum absolute atomic E-state index is 12.9. The second-order valence-corrected chi connectivity index (χ2v) is 9.32. The molecule has 0 saturated heterocycles. The van der Waals surface area contributed by atoms with Gasteiger partial charge in [0, 0.05) is 18.0 Å². The number of alkyl halides is 3. The number of ether oxygens (including phenoxy) is 1. The van der Waals surface area contributed by atoms with Gasteiger partial charge in [0.1, 0.15) is 10.6 Å². The number of hydrogen-bond donors (Lipinski definition) is 2. The summed E-state index contributed by atoms with van der Waals surface area (Å²) in [6.45, 7) is 4.03. The highest BCUT2D eigenvalue weighted by atomic mass is 32.2. The average Bonchev–Trinajstić information content (AvgIpc) is 2.71. The smallest absolute Gasteiger partial charge is 0.416 e. The van der Waals surface area contributed by atoms with Crippen LogP contribution in [0.1, 0.15) is 19.4 Å². The third-order valence-electron chi connectivity index (χ3n) is 3.86. The number of carbonyl (C=O) groups excluding carboxylic acids is 1. The SMILES string of the molecule is CC(C)COC(=O)NC1=Nc2ccc(OS(=O)(=O)c3cccc(C(F)(F)F)c3)cc2NS1. The van der Waals surface area contributed by atoms with Crippen LogP contribution in [-0.2, 0) is 21.0 Å². The maximum Gasteiger partial charge on any atom is 0.416 e. The Bertz CT molecular complexity index is 1150. The van der Waals surface area contributed by atoms with Crippen molar-refractivity contribution in [1.82, 2.24) is 5.32 Å². The topological polar surface area (TPSA) is 106 Å². The van der Waals surface area contributed by atoms with E-state index in [-0.39, 0.29) is 23.4 Å². The Labute approximate surface area is 186 Å². The van der Waals surface area contributed by atoms with Gasteiger partial charge in [-0.1, -0.05) is 19.9 Å². The zero-order valence-electron chi connectivity index (χ0n) is 16.8. The van der Waals surface area contributed by atoms with Crippen LogP contribution in [0.15, 0.2) is 52.4 Å². The molecule has 0 spiro atoms. The van der Waals surface area contributed by atoms with E-state index in [2.05, 4.69) is 15.0 Å². The number of anilines is 1. The molecule has 1 amide bonds. The number of halogens is 3. The van der Waals surface area contributed by atoms with Crippen molar-refractivity contribution >= 4 is 44.7 Å². The van der Waals surface area contributed by atoms with Crippen LogP contribution in [0.25, 0.3) is 0 Å². The van der Waals surface area contributed by atoms with Crippen LogP contribution in [0, 0.1) is 5.92 Å². The van der Waals surface area contributed by atoms with Crippen molar-refractivity contribution in [2.75, 3.05) is 11.3 Å². The van der Waals surface area contributed by atoms with Crippen LogP contribution in [0.2, 0.25) is 0 Å². The lowest BCUT2D eigenvalue weighted by Crippen LogP contribution is -2.31. The molecule has 1 heterocycles. The number of nitrogens with one attached hydrogen (secondary N) is 2. The molecule has 3 rings (SSSR count). The minimum absolute atomic E-state index is 0.128. The fourth-order valence-corrected chi connectivity index (χ4v) is 4.02. The van der Waals surface area contributed by atoms with E-state index >= 15 is 0 Å². The first-order valence-electron chi connectivity index (χ1n) is 9.15. The van der Waals surface area contributed by atoms with E-state index in [1.165, 1.54) is 18.2 Å². The van der Waals surface area contributed by atoms with Gasteiger partial charge in [-0.2, -0.15) is 21.6 Å². The summed E-state index contributed by atoms with van der Waals surface area (Å²) in [5.74, 6) is 0.0448. The third kappa shape index (κ3) is 6.07. The zero-order chi connectivity index (χ0) is 23.5. The number of benzene rings is 2. The molecule has 8 nitrogen and oxygen atoms in total. The van der Waals surface area contributed by atoms with Crippen LogP contribution in [0.5, 0.6) is 5.75 Å². The van der Waals surface area contributed by atoms with Crippen molar-refractivity contribution in [2.45, 2.75) is 24.9 Å². The first-order valence-corrected chi connectivity index (χ1v) is 11.4. The van der Waals surface area contributed by atoms with Gasteiger partial charge in [0.2, 0.25) is 0 Å². The van der Waals surface area contributed by atoms with E-state index in [1.54, 1.807) is 0 Å². The Kier molecular flexibility index (Phi) is 6.88. The monoisotopic (exact) mass is 489 g/mol. The molecule has 2 aromatic carbocycles. The van der Waals surface area contributed by atoms with Gasteiger partial charge in [0.15, 0.2) is 5.17 Å². The van der Waals surface area contributed by atoms with Crippen molar-refractivity contribution in [3.8, 4) is 5.75 Å². The van der Waals surface area contributed by atoms with Gasteiger partial charge < -0.3 is 13.6 Å². The molecule has 2 aromatic rings. The van der Waals surface area contributed by atoms with Crippen molar-refractivity contribution in [2.24, 2.45) is 10.9 Å². The van der Waals surface area contributed by atoms with E-state index in [0.29, 0.717) is 17.4 Å². The number of amides is 1. The van der Waals surface area contributed by atoms with Crippen LogP contribution in [0.3, 0.4) is 0 Å². The number of hydrogen-bond acceptors (Lipinski definition) is 8. The van der Waals surface area contributed by atoms with Gasteiger partial charge in [0.25, 0.3) is 0 Å². The van der Waals surface area contributed by atoms with Crippen LogP contribution >= 0.6 is 11.9 Å². The van der Waals surface area contributed by atoms with E-state index in [0.717, 1.165) is 30.1 Å². The lowest BCUT2D eigenvalue weighted by molar-refractivity contribution is -0.137. The molecular weight excluding hydrogens is 471 g/mol. The summed E-state index contributed by atoms with van der Waals surface area (Å²) in [6, 6.07) is 7.31. The number of nitrogens with zero attached hydrogens (tertiary/aromatic N) is 1. The second-order valence-electron chi connectivity index (χ2n) is 6.98. The first kappa shape index (κ1) is 23.7. The van der Waals surface area contributed by atoms with Gasteiger partial charge in [-0.3, -0.25) is 5.32 Å². The Morgan fingerprint density at radius 1 is 1.22 bits per heavy atom. The molecule has 32 heavy (non-hydrogen) atoms. The molecule has 13 heteroatoms. The molecule has 0 aliphatic carbocycles. The van der Waals surface area contributed by atoms with Crippen molar-refractivity contribution in [3.05, 3.63) is 48.0 Å². The van der Waals surface area contributed by atoms with Gasteiger partial charge in [-0.25, -0.2) is 9.79 Å². The maximum atomic E-state index is 12.9. The van der Waals surface area contributed by atoms with Crippen molar-refractivity contribution in [1.29, 1.82) is 0 Å². The first-order chi connectivity index (χ1) is 14.9. The minimum atomic E-state index is -4.69. The lowest BCUT2D eigenvalue weighted by atomic mass is 10.2. The molecule has 0 unspecified atom stereocenters. The summed E-state index contributed by atoms with van der Waals surface area (Å²) in [7, 11) is -4.51. The molecule has 0 radical (unpaired) electrons. The molecule has 172 valence electrons. The van der Waals surface area contributed by atoms with E-state index in [1.807, 2.05) is 13.8 Å². The normalized spacial score (nSPS) is 13.6. The number of alkyl carbamates (subject to hydrolysis) is 1. The van der Waals surface area contributed by atoms with Crippen LogP contribution < -0.4 is 14.2 Å². The van der Waals surface area contributed by atoms with Gasteiger partial charge in [-0.15, -0.1) is 0 Å². The molecule has 0 aromatic heterocycles. The summed E-state index contributed by atoms with van der Waals surface area (Å²) in [6.07, 6.45) is -5.36. The van der Waals surface area contributed by atoms with Gasteiger partial charge in [-0.05, 0) is 36.2 Å². The highest BCUT2D eigenvalue weighted by molar-refractivity contribution is 8.15. The number of amidine groups is 1. The largest absolute Gasteiger partial charge is 0.449 e. The summed E-state index contributed by atoms with van der Waals surface area (Å²) in [5, 5.41) is 2.70. The van der Waals surface area contributed by atoms with E-state index in [9.17, 15) is 26.4 Å². The predicted octanol–water partition coefficient (Wildman–Crippen LogP) is 4.92.